The first-order chi connectivity index (χ1) is 13.4. The van der Waals surface area contributed by atoms with Gasteiger partial charge in [0.05, 0.1) is 19.3 Å². The highest BCUT2D eigenvalue weighted by Crippen LogP contribution is 2.23. The Bertz CT molecular complexity index is 944. The van der Waals surface area contributed by atoms with Gasteiger partial charge < -0.3 is 10.1 Å². The van der Waals surface area contributed by atoms with Crippen molar-refractivity contribution in [3.8, 4) is 5.75 Å². The number of anilines is 1. The molecule has 0 atom stereocenters. The molecule has 0 aromatic heterocycles. The highest BCUT2D eigenvalue weighted by atomic mass is 32.2. The van der Waals surface area contributed by atoms with Gasteiger partial charge in [0.2, 0.25) is 15.9 Å². The molecule has 0 bridgehead atoms. The van der Waals surface area contributed by atoms with Gasteiger partial charge in [-0.3, -0.25) is 9.69 Å². The van der Waals surface area contributed by atoms with Crippen LogP contribution in [0.2, 0.25) is 0 Å². The number of para-hydroxylation sites is 2. The molecule has 2 aromatic carbocycles. The standard InChI is InChI=1S/C19H22FN3O4S/c1-27-17-8-4-3-7-16(17)21-19(24)14-22-10-12-23(13-11-22)28(25,26)18-9-5-2-6-15(18)20/h2-9H,10-14H2,1H3,(H,21,24). The highest BCUT2D eigenvalue weighted by molar-refractivity contribution is 7.89. The second kappa shape index (κ2) is 8.68. The molecule has 0 aliphatic carbocycles. The molecule has 7 nitrogen and oxygen atoms in total. The number of methoxy groups -OCH3 is 1. The number of carbonyl (C=O) groups excluding carboxylic acids is 1. The van der Waals surface area contributed by atoms with Crippen molar-refractivity contribution >= 4 is 21.6 Å². The van der Waals surface area contributed by atoms with Gasteiger partial charge in [0.1, 0.15) is 16.5 Å². The molecular formula is C19H22FN3O4S. The Morgan fingerprint density at radius 3 is 2.39 bits per heavy atom. The molecule has 1 aliphatic heterocycles. The summed E-state index contributed by atoms with van der Waals surface area (Å²) in [5.41, 5.74) is 0.579. The second-order valence-corrected chi connectivity index (χ2v) is 8.27. The normalized spacial score (nSPS) is 15.9. The molecule has 3 rings (SSSR count). The van der Waals surface area contributed by atoms with E-state index in [4.69, 9.17) is 4.74 Å². The Hall–Kier alpha value is -2.49. The molecule has 0 radical (unpaired) electrons. The number of benzene rings is 2. The number of ether oxygens (including phenoxy) is 1. The average molecular weight is 407 g/mol. The van der Waals surface area contributed by atoms with Gasteiger partial charge >= 0.3 is 0 Å². The summed E-state index contributed by atoms with van der Waals surface area (Å²) in [5.74, 6) is -0.410. The lowest BCUT2D eigenvalue weighted by Gasteiger charge is -2.33. The topological polar surface area (TPSA) is 79.0 Å². The fourth-order valence-electron chi connectivity index (χ4n) is 3.06. The Morgan fingerprint density at radius 1 is 1.07 bits per heavy atom. The molecule has 1 saturated heterocycles. The molecule has 1 N–H and O–H groups in total. The third kappa shape index (κ3) is 4.49. The fourth-order valence-corrected chi connectivity index (χ4v) is 4.55. The van der Waals surface area contributed by atoms with Gasteiger partial charge in [-0.25, -0.2) is 12.8 Å². The largest absolute Gasteiger partial charge is 0.495 e. The van der Waals surface area contributed by atoms with Crippen LogP contribution in [-0.4, -0.2) is 63.4 Å². The first kappa shape index (κ1) is 20.2. The van der Waals surface area contributed by atoms with Crippen LogP contribution in [0, 0.1) is 5.82 Å². The predicted molar refractivity (Wildman–Crippen MR) is 103 cm³/mol. The molecule has 1 fully saturated rings. The molecule has 9 heteroatoms. The molecule has 150 valence electrons. The summed E-state index contributed by atoms with van der Waals surface area (Å²) < 4.78 is 45.6. The summed E-state index contributed by atoms with van der Waals surface area (Å²) in [5, 5.41) is 2.80. The molecule has 0 saturated carbocycles. The van der Waals surface area contributed by atoms with E-state index in [1.165, 1.54) is 29.6 Å². The van der Waals surface area contributed by atoms with E-state index in [1.807, 2.05) is 11.0 Å². The maximum absolute atomic E-state index is 13.9. The van der Waals surface area contributed by atoms with Gasteiger partial charge in [0.25, 0.3) is 0 Å². The Kier molecular flexibility index (Phi) is 6.28. The first-order valence-electron chi connectivity index (χ1n) is 8.81. The van der Waals surface area contributed by atoms with Crippen LogP contribution < -0.4 is 10.1 Å². The molecule has 2 aromatic rings. The van der Waals surface area contributed by atoms with E-state index in [-0.39, 0.29) is 30.4 Å². The molecule has 1 heterocycles. The lowest BCUT2D eigenvalue weighted by Crippen LogP contribution is -2.50. The van der Waals surface area contributed by atoms with Crippen LogP contribution >= 0.6 is 0 Å². The van der Waals surface area contributed by atoms with Crippen molar-refractivity contribution in [1.82, 2.24) is 9.21 Å². The quantitative estimate of drug-likeness (QED) is 0.790. The van der Waals surface area contributed by atoms with E-state index in [2.05, 4.69) is 5.32 Å². The van der Waals surface area contributed by atoms with Crippen molar-refractivity contribution in [2.45, 2.75) is 4.90 Å². The van der Waals surface area contributed by atoms with Gasteiger partial charge in [-0.1, -0.05) is 24.3 Å². The minimum Gasteiger partial charge on any atom is -0.495 e. The van der Waals surface area contributed by atoms with Crippen molar-refractivity contribution in [1.29, 1.82) is 0 Å². The number of amides is 1. The molecule has 1 aliphatic rings. The van der Waals surface area contributed by atoms with E-state index in [0.29, 0.717) is 24.5 Å². The van der Waals surface area contributed by atoms with Crippen LogP contribution in [0.3, 0.4) is 0 Å². The lowest BCUT2D eigenvalue weighted by atomic mass is 10.3. The third-order valence-corrected chi connectivity index (χ3v) is 6.47. The lowest BCUT2D eigenvalue weighted by molar-refractivity contribution is -0.117. The summed E-state index contributed by atoms with van der Waals surface area (Å²) >= 11 is 0. The van der Waals surface area contributed by atoms with Crippen LogP contribution in [0.4, 0.5) is 10.1 Å². The van der Waals surface area contributed by atoms with E-state index in [9.17, 15) is 17.6 Å². The minimum absolute atomic E-state index is 0.131. The van der Waals surface area contributed by atoms with Crippen molar-refractivity contribution < 1.29 is 22.3 Å². The van der Waals surface area contributed by atoms with Crippen LogP contribution in [-0.2, 0) is 14.8 Å². The average Bonchev–Trinajstić information content (AvgIpc) is 2.69. The number of nitrogens with zero attached hydrogens (tertiary/aromatic N) is 2. The van der Waals surface area contributed by atoms with Gasteiger partial charge in [0, 0.05) is 26.2 Å². The number of nitrogens with one attached hydrogen (secondary N) is 1. The summed E-state index contributed by atoms with van der Waals surface area (Å²) in [7, 11) is -2.36. The number of carbonyl (C=O) groups is 1. The smallest absolute Gasteiger partial charge is 0.246 e. The Labute approximate surface area is 163 Å². The molecule has 28 heavy (non-hydrogen) atoms. The summed E-state index contributed by atoms with van der Waals surface area (Å²) in [6.45, 7) is 1.28. The summed E-state index contributed by atoms with van der Waals surface area (Å²) in [6, 6.07) is 12.4. The zero-order valence-corrected chi connectivity index (χ0v) is 16.3. The SMILES string of the molecule is COc1ccccc1NC(=O)CN1CCN(S(=O)(=O)c2ccccc2F)CC1. The van der Waals surface area contributed by atoms with Gasteiger partial charge in [-0.05, 0) is 24.3 Å². The molecule has 0 spiro atoms. The van der Waals surface area contributed by atoms with Crippen molar-refractivity contribution in [2.24, 2.45) is 0 Å². The third-order valence-electron chi connectivity index (χ3n) is 4.53. The maximum Gasteiger partial charge on any atom is 0.246 e. The predicted octanol–water partition coefficient (Wildman–Crippen LogP) is 1.78. The van der Waals surface area contributed by atoms with Crippen molar-refractivity contribution in [3.63, 3.8) is 0 Å². The van der Waals surface area contributed by atoms with Crippen molar-refractivity contribution in [3.05, 3.63) is 54.3 Å². The monoisotopic (exact) mass is 407 g/mol. The van der Waals surface area contributed by atoms with Gasteiger partial charge in [0.15, 0.2) is 0 Å². The van der Waals surface area contributed by atoms with E-state index < -0.39 is 15.8 Å². The fraction of sp³-hybridized carbons (Fsp3) is 0.316. The van der Waals surface area contributed by atoms with Crippen LogP contribution in [0.15, 0.2) is 53.4 Å². The number of rotatable bonds is 6. The van der Waals surface area contributed by atoms with Crippen molar-refractivity contribution in [2.75, 3.05) is 45.2 Å². The first-order valence-corrected chi connectivity index (χ1v) is 10.3. The summed E-state index contributed by atoms with van der Waals surface area (Å²) in [4.78, 5) is 13.8. The van der Waals surface area contributed by atoms with Crippen LogP contribution in [0.25, 0.3) is 0 Å². The number of hydrogen-bond donors (Lipinski definition) is 1. The molecule has 0 unspecified atom stereocenters. The van der Waals surface area contributed by atoms with E-state index in [0.717, 1.165) is 6.07 Å². The van der Waals surface area contributed by atoms with Crippen LogP contribution in [0.5, 0.6) is 5.75 Å². The number of sulfonamides is 1. The summed E-state index contributed by atoms with van der Waals surface area (Å²) in [6.07, 6.45) is 0. The molecule has 1 amide bonds. The van der Waals surface area contributed by atoms with E-state index in [1.54, 1.807) is 18.2 Å². The number of halogens is 1. The van der Waals surface area contributed by atoms with E-state index >= 15 is 0 Å². The minimum atomic E-state index is -3.89. The van der Waals surface area contributed by atoms with Gasteiger partial charge in [-0.15, -0.1) is 0 Å². The Balaban J connectivity index is 1.57. The zero-order chi connectivity index (χ0) is 20.1. The number of hydrogen-bond acceptors (Lipinski definition) is 5. The Morgan fingerprint density at radius 2 is 1.71 bits per heavy atom. The van der Waals surface area contributed by atoms with Crippen LogP contribution in [0.1, 0.15) is 0 Å². The molecular weight excluding hydrogens is 385 g/mol. The zero-order valence-electron chi connectivity index (χ0n) is 15.5. The number of piperazine rings is 1. The highest BCUT2D eigenvalue weighted by Gasteiger charge is 2.30. The van der Waals surface area contributed by atoms with Gasteiger partial charge in [-0.2, -0.15) is 4.31 Å². The maximum atomic E-state index is 13.9. The second-order valence-electron chi connectivity index (χ2n) is 6.36.